The number of ether oxygens (including phenoxy) is 1. The molecule has 1 aromatic rings. The van der Waals surface area contributed by atoms with Gasteiger partial charge in [0.25, 0.3) is 0 Å². The summed E-state index contributed by atoms with van der Waals surface area (Å²) in [6.07, 6.45) is 1.20. The summed E-state index contributed by atoms with van der Waals surface area (Å²) in [7, 11) is 0. The van der Waals surface area contributed by atoms with E-state index in [1.54, 1.807) is 0 Å². The van der Waals surface area contributed by atoms with Gasteiger partial charge in [0.15, 0.2) is 0 Å². The molecule has 0 aromatic heterocycles. The molecule has 0 spiro atoms. The summed E-state index contributed by atoms with van der Waals surface area (Å²) in [6.45, 7) is 5.05. The van der Waals surface area contributed by atoms with Gasteiger partial charge in [0.2, 0.25) is 0 Å². The van der Waals surface area contributed by atoms with Gasteiger partial charge in [0.1, 0.15) is 0 Å². The Morgan fingerprint density at radius 3 is 2.69 bits per heavy atom. The molecular formula is C12H19N3O. The molecule has 1 aliphatic rings. The highest BCUT2D eigenvalue weighted by Gasteiger charge is 2.36. The third kappa shape index (κ3) is 1.93. The van der Waals surface area contributed by atoms with Gasteiger partial charge >= 0.3 is 0 Å². The Bertz CT molecular complexity index is 394. The van der Waals surface area contributed by atoms with Gasteiger partial charge in [0.05, 0.1) is 23.0 Å². The maximum atomic E-state index is 5.78. The third-order valence-corrected chi connectivity index (χ3v) is 3.40. The van der Waals surface area contributed by atoms with Crippen LogP contribution in [0.2, 0.25) is 0 Å². The van der Waals surface area contributed by atoms with Gasteiger partial charge in [-0.2, -0.15) is 0 Å². The highest BCUT2D eigenvalue weighted by atomic mass is 16.5. The third-order valence-electron chi connectivity index (χ3n) is 3.40. The summed E-state index contributed by atoms with van der Waals surface area (Å²) in [6, 6.07) is 5.63. The molecule has 5 N–H and O–H groups in total. The van der Waals surface area contributed by atoms with E-state index in [2.05, 4.69) is 19.2 Å². The van der Waals surface area contributed by atoms with Crippen molar-refractivity contribution in [1.82, 2.24) is 0 Å². The average Bonchev–Trinajstić information content (AvgIpc) is 2.53. The van der Waals surface area contributed by atoms with Crippen LogP contribution in [0.3, 0.4) is 0 Å². The number of rotatable bonds is 2. The van der Waals surface area contributed by atoms with Crippen molar-refractivity contribution in [1.29, 1.82) is 0 Å². The minimum Gasteiger partial charge on any atom is -0.397 e. The Labute approximate surface area is 96.0 Å². The number of hydrogen-bond donors (Lipinski definition) is 3. The van der Waals surface area contributed by atoms with Crippen molar-refractivity contribution < 1.29 is 4.74 Å². The van der Waals surface area contributed by atoms with Crippen molar-refractivity contribution >= 4 is 17.1 Å². The normalized spacial score (nSPS) is 29.2. The first-order valence-electron chi connectivity index (χ1n) is 5.56. The summed E-state index contributed by atoms with van der Waals surface area (Å²) in [5.41, 5.74) is 13.7. The first-order valence-corrected chi connectivity index (χ1v) is 5.56. The van der Waals surface area contributed by atoms with E-state index in [4.69, 9.17) is 16.2 Å². The molecule has 0 aliphatic carbocycles. The predicted molar refractivity (Wildman–Crippen MR) is 67.3 cm³/mol. The fourth-order valence-electron chi connectivity index (χ4n) is 1.98. The standard InChI is InChI=1S/C12H19N3O/c1-8-12(2,5-6-16-8)15-9-3-4-10(13)11(14)7-9/h3-4,7-8,15H,5-6,13-14H2,1-2H3. The molecule has 0 radical (unpaired) electrons. The van der Waals surface area contributed by atoms with E-state index in [0.29, 0.717) is 11.4 Å². The zero-order chi connectivity index (χ0) is 11.8. The van der Waals surface area contributed by atoms with Gasteiger partial charge in [0, 0.05) is 12.3 Å². The van der Waals surface area contributed by atoms with Gasteiger partial charge in [-0.15, -0.1) is 0 Å². The summed E-state index contributed by atoms with van der Waals surface area (Å²) >= 11 is 0. The molecule has 0 amide bonds. The molecule has 0 saturated carbocycles. The van der Waals surface area contributed by atoms with Crippen LogP contribution in [0.1, 0.15) is 20.3 Å². The lowest BCUT2D eigenvalue weighted by atomic mass is 9.94. The number of anilines is 3. The van der Waals surface area contributed by atoms with Crippen molar-refractivity contribution in [2.75, 3.05) is 23.4 Å². The number of hydrogen-bond acceptors (Lipinski definition) is 4. The van der Waals surface area contributed by atoms with Crippen molar-refractivity contribution in [3.63, 3.8) is 0 Å². The van der Waals surface area contributed by atoms with E-state index in [9.17, 15) is 0 Å². The zero-order valence-electron chi connectivity index (χ0n) is 9.79. The maximum Gasteiger partial charge on any atom is 0.0774 e. The first-order chi connectivity index (χ1) is 7.51. The zero-order valence-corrected chi connectivity index (χ0v) is 9.79. The van der Waals surface area contributed by atoms with Crippen molar-refractivity contribution in [2.24, 2.45) is 0 Å². The van der Waals surface area contributed by atoms with Crippen LogP contribution in [0.4, 0.5) is 17.1 Å². The van der Waals surface area contributed by atoms with E-state index >= 15 is 0 Å². The highest BCUT2D eigenvalue weighted by molar-refractivity contribution is 5.69. The molecule has 0 bridgehead atoms. The Kier molecular flexibility index (Phi) is 2.68. The lowest BCUT2D eigenvalue weighted by Crippen LogP contribution is -2.41. The van der Waals surface area contributed by atoms with Gasteiger partial charge < -0.3 is 21.5 Å². The highest BCUT2D eigenvalue weighted by Crippen LogP contribution is 2.30. The quantitative estimate of drug-likeness (QED) is 0.666. The van der Waals surface area contributed by atoms with Gasteiger partial charge in [-0.1, -0.05) is 0 Å². The molecule has 1 heterocycles. The van der Waals surface area contributed by atoms with Crippen LogP contribution in [0, 0.1) is 0 Å². The lowest BCUT2D eigenvalue weighted by molar-refractivity contribution is 0.105. The minimum atomic E-state index is -0.0252. The number of nitrogens with two attached hydrogens (primary N) is 2. The summed E-state index contributed by atoms with van der Waals surface area (Å²) in [5, 5.41) is 3.47. The molecule has 1 aliphatic heterocycles. The molecule has 88 valence electrons. The van der Waals surface area contributed by atoms with Crippen LogP contribution in [0.15, 0.2) is 18.2 Å². The summed E-state index contributed by atoms with van der Waals surface area (Å²) in [4.78, 5) is 0. The summed E-state index contributed by atoms with van der Waals surface area (Å²) in [5.74, 6) is 0. The molecule has 1 fully saturated rings. The van der Waals surface area contributed by atoms with Crippen LogP contribution in [-0.4, -0.2) is 18.2 Å². The van der Waals surface area contributed by atoms with Gasteiger partial charge in [-0.05, 0) is 38.5 Å². The number of nitrogens with one attached hydrogen (secondary N) is 1. The molecule has 2 atom stereocenters. The number of benzene rings is 1. The fourth-order valence-corrected chi connectivity index (χ4v) is 1.98. The van der Waals surface area contributed by atoms with E-state index in [-0.39, 0.29) is 11.6 Å². The SMILES string of the molecule is CC1OCCC1(C)Nc1ccc(N)c(N)c1. The average molecular weight is 221 g/mol. The van der Waals surface area contributed by atoms with Crippen LogP contribution >= 0.6 is 0 Å². The van der Waals surface area contributed by atoms with Crippen molar-refractivity contribution in [3.05, 3.63) is 18.2 Å². The molecule has 2 rings (SSSR count). The summed E-state index contributed by atoms with van der Waals surface area (Å²) < 4.78 is 5.58. The lowest BCUT2D eigenvalue weighted by Gasteiger charge is -2.30. The molecule has 2 unspecified atom stereocenters. The Hall–Kier alpha value is -1.42. The van der Waals surface area contributed by atoms with E-state index in [1.807, 2.05) is 18.2 Å². The largest absolute Gasteiger partial charge is 0.397 e. The molecular weight excluding hydrogens is 202 g/mol. The van der Waals surface area contributed by atoms with Crippen molar-refractivity contribution in [3.8, 4) is 0 Å². The monoisotopic (exact) mass is 221 g/mol. The second-order valence-corrected chi connectivity index (χ2v) is 4.65. The van der Waals surface area contributed by atoms with E-state index in [0.717, 1.165) is 18.7 Å². The smallest absolute Gasteiger partial charge is 0.0774 e. The van der Waals surface area contributed by atoms with E-state index in [1.165, 1.54) is 0 Å². The van der Waals surface area contributed by atoms with Crippen LogP contribution in [0.5, 0.6) is 0 Å². The van der Waals surface area contributed by atoms with Gasteiger partial charge in [-0.25, -0.2) is 0 Å². The van der Waals surface area contributed by atoms with Crippen LogP contribution in [0.25, 0.3) is 0 Å². The number of nitrogen functional groups attached to an aromatic ring is 2. The molecule has 16 heavy (non-hydrogen) atoms. The second-order valence-electron chi connectivity index (χ2n) is 4.65. The van der Waals surface area contributed by atoms with E-state index < -0.39 is 0 Å². The molecule has 4 heteroatoms. The topological polar surface area (TPSA) is 73.3 Å². The maximum absolute atomic E-state index is 5.78. The first kappa shape index (κ1) is 11.1. The second kappa shape index (κ2) is 3.87. The van der Waals surface area contributed by atoms with Crippen LogP contribution < -0.4 is 16.8 Å². The molecule has 1 aromatic carbocycles. The molecule has 1 saturated heterocycles. The molecule has 4 nitrogen and oxygen atoms in total. The Morgan fingerprint density at radius 2 is 2.12 bits per heavy atom. The predicted octanol–water partition coefficient (Wildman–Crippen LogP) is 1.83. The van der Waals surface area contributed by atoms with Crippen LogP contribution in [-0.2, 0) is 4.74 Å². The fraction of sp³-hybridized carbons (Fsp3) is 0.500. The Morgan fingerprint density at radius 1 is 1.38 bits per heavy atom. The minimum absolute atomic E-state index is 0.0252. The van der Waals surface area contributed by atoms with Gasteiger partial charge in [-0.3, -0.25) is 0 Å². The van der Waals surface area contributed by atoms with Crippen molar-refractivity contribution in [2.45, 2.75) is 31.9 Å². The Balaban J connectivity index is 2.17.